The van der Waals surface area contributed by atoms with E-state index in [1.54, 1.807) is 60.9 Å². The quantitative estimate of drug-likeness (QED) is 0.577. The molecule has 0 saturated carbocycles. The summed E-state index contributed by atoms with van der Waals surface area (Å²) in [5.41, 5.74) is 0.824. The lowest BCUT2D eigenvalue weighted by Crippen LogP contribution is -2.41. The summed E-state index contributed by atoms with van der Waals surface area (Å²) in [4.78, 5) is 19.3. The zero-order valence-corrected chi connectivity index (χ0v) is 18.5. The average Bonchev–Trinajstić information content (AvgIpc) is 2.85. The van der Waals surface area contributed by atoms with Crippen LogP contribution in [0, 0.1) is 0 Å². The molecule has 1 aromatic heterocycles. The molecule has 0 radical (unpaired) electrons. The number of morpholine rings is 1. The predicted octanol–water partition coefficient (Wildman–Crippen LogP) is 3.08. The van der Waals surface area contributed by atoms with Gasteiger partial charge >= 0.3 is 0 Å². The van der Waals surface area contributed by atoms with Gasteiger partial charge in [0.05, 0.1) is 13.2 Å². The maximum atomic E-state index is 12.8. The molecule has 3 aromatic rings. The molecular formula is C25H26ClN3O3. The van der Waals surface area contributed by atoms with Crippen molar-refractivity contribution in [1.82, 2.24) is 15.2 Å². The van der Waals surface area contributed by atoms with Crippen LogP contribution in [0.4, 0.5) is 0 Å². The highest BCUT2D eigenvalue weighted by molar-refractivity contribution is 6.30. The van der Waals surface area contributed by atoms with E-state index >= 15 is 0 Å². The van der Waals surface area contributed by atoms with Crippen LogP contribution in [-0.4, -0.2) is 60.3 Å². The van der Waals surface area contributed by atoms with Gasteiger partial charge in [-0.15, -0.1) is 0 Å². The number of carbonyl (C=O) groups is 1. The fourth-order valence-corrected chi connectivity index (χ4v) is 4.03. The molecule has 2 N–H and O–H groups in total. The van der Waals surface area contributed by atoms with E-state index in [1.807, 2.05) is 12.1 Å². The number of benzene rings is 2. The van der Waals surface area contributed by atoms with E-state index in [2.05, 4.69) is 15.2 Å². The van der Waals surface area contributed by atoms with Gasteiger partial charge in [0.2, 0.25) is 0 Å². The summed E-state index contributed by atoms with van der Waals surface area (Å²) in [6.07, 6.45) is 3.29. The SMILES string of the molecule is O=C(NCCN1CCOCC1)c1cccc(C(O)(c2ccc(Cl)cc2)c2cccnc2)c1. The fourth-order valence-electron chi connectivity index (χ4n) is 3.91. The van der Waals surface area contributed by atoms with Gasteiger partial charge in [0.15, 0.2) is 0 Å². The first-order valence-corrected chi connectivity index (χ1v) is 11.0. The number of hydrogen-bond donors (Lipinski definition) is 2. The third-order valence-corrected chi connectivity index (χ3v) is 5.95. The highest BCUT2D eigenvalue weighted by atomic mass is 35.5. The Morgan fingerprint density at radius 2 is 1.81 bits per heavy atom. The molecule has 7 heteroatoms. The molecule has 4 rings (SSSR count). The van der Waals surface area contributed by atoms with E-state index < -0.39 is 5.60 Å². The van der Waals surface area contributed by atoms with Gasteiger partial charge in [-0.1, -0.05) is 41.9 Å². The van der Waals surface area contributed by atoms with Crippen molar-refractivity contribution >= 4 is 17.5 Å². The molecule has 0 aliphatic carbocycles. The molecule has 1 aliphatic heterocycles. The van der Waals surface area contributed by atoms with Crippen molar-refractivity contribution in [3.05, 3.63) is 100 Å². The summed E-state index contributed by atoms with van der Waals surface area (Å²) in [6.45, 7) is 4.54. The molecule has 1 atom stereocenters. The van der Waals surface area contributed by atoms with Gasteiger partial charge < -0.3 is 15.2 Å². The van der Waals surface area contributed by atoms with Gasteiger partial charge in [0.25, 0.3) is 5.91 Å². The summed E-state index contributed by atoms with van der Waals surface area (Å²) >= 11 is 6.07. The molecule has 2 heterocycles. The summed E-state index contributed by atoms with van der Waals surface area (Å²) in [5.74, 6) is -0.176. The zero-order chi connectivity index (χ0) is 22.4. The molecule has 6 nitrogen and oxygen atoms in total. The van der Waals surface area contributed by atoms with E-state index in [-0.39, 0.29) is 5.91 Å². The van der Waals surface area contributed by atoms with Crippen LogP contribution < -0.4 is 5.32 Å². The van der Waals surface area contributed by atoms with Crippen molar-refractivity contribution < 1.29 is 14.6 Å². The standard InChI is InChI=1S/C25H26ClN3O3/c26-23-8-6-20(7-9-23)25(31,22-5-2-10-27-18-22)21-4-1-3-19(17-21)24(30)28-11-12-29-13-15-32-16-14-29/h1-10,17-18,31H,11-16H2,(H,28,30). The molecule has 1 saturated heterocycles. The van der Waals surface area contributed by atoms with Crippen LogP contribution >= 0.6 is 11.6 Å². The lowest BCUT2D eigenvalue weighted by molar-refractivity contribution is 0.0383. The minimum absolute atomic E-state index is 0.176. The van der Waals surface area contributed by atoms with Crippen molar-refractivity contribution in [1.29, 1.82) is 0 Å². The smallest absolute Gasteiger partial charge is 0.251 e. The maximum Gasteiger partial charge on any atom is 0.251 e. The Morgan fingerprint density at radius 1 is 1.06 bits per heavy atom. The van der Waals surface area contributed by atoms with Crippen molar-refractivity contribution in [3.63, 3.8) is 0 Å². The number of hydrogen-bond acceptors (Lipinski definition) is 5. The minimum Gasteiger partial charge on any atom is -0.379 e. The Morgan fingerprint density at radius 3 is 2.53 bits per heavy atom. The molecular weight excluding hydrogens is 426 g/mol. The fraction of sp³-hybridized carbons (Fsp3) is 0.280. The number of pyridine rings is 1. The van der Waals surface area contributed by atoms with Crippen LogP contribution in [0.3, 0.4) is 0 Å². The number of halogens is 1. The second kappa shape index (κ2) is 10.2. The summed E-state index contributed by atoms with van der Waals surface area (Å²) in [6, 6.07) is 17.7. The Hall–Kier alpha value is -2.77. The van der Waals surface area contributed by atoms with E-state index in [0.29, 0.717) is 33.8 Å². The van der Waals surface area contributed by atoms with Crippen molar-refractivity contribution in [2.24, 2.45) is 0 Å². The molecule has 0 bridgehead atoms. The molecule has 166 valence electrons. The maximum absolute atomic E-state index is 12.8. The number of aliphatic hydroxyl groups is 1. The van der Waals surface area contributed by atoms with Crippen molar-refractivity contribution in [2.75, 3.05) is 39.4 Å². The van der Waals surface area contributed by atoms with Crippen molar-refractivity contribution in [3.8, 4) is 0 Å². The Labute approximate surface area is 192 Å². The number of nitrogens with zero attached hydrogens (tertiary/aromatic N) is 2. The van der Waals surface area contributed by atoms with Crippen LogP contribution in [-0.2, 0) is 10.3 Å². The topological polar surface area (TPSA) is 74.7 Å². The van der Waals surface area contributed by atoms with Gasteiger partial charge in [0.1, 0.15) is 5.60 Å². The predicted molar refractivity (Wildman–Crippen MR) is 124 cm³/mol. The zero-order valence-electron chi connectivity index (χ0n) is 17.7. The largest absolute Gasteiger partial charge is 0.379 e. The third kappa shape index (κ3) is 5.00. The average molecular weight is 452 g/mol. The van der Waals surface area contributed by atoms with Gasteiger partial charge in [-0.2, -0.15) is 0 Å². The molecule has 1 amide bonds. The normalized spacial score (nSPS) is 16.3. The first kappa shape index (κ1) is 22.4. The molecule has 2 aromatic carbocycles. The van der Waals surface area contributed by atoms with Crippen LogP contribution in [0.1, 0.15) is 27.0 Å². The van der Waals surface area contributed by atoms with E-state index in [9.17, 15) is 9.90 Å². The van der Waals surface area contributed by atoms with E-state index in [1.165, 1.54) is 0 Å². The summed E-state index contributed by atoms with van der Waals surface area (Å²) in [7, 11) is 0. The lowest BCUT2D eigenvalue weighted by atomic mass is 9.80. The van der Waals surface area contributed by atoms with Gasteiger partial charge in [-0.05, 0) is 41.5 Å². The summed E-state index contributed by atoms with van der Waals surface area (Å²) in [5, 5.41) is 15.5. The number of amides is 1. The monoisotopic (exact) mass is 451 g/mol. The van der Waals surface area contributed by atoms with Gasteiger partial charge in [-0.25, -0.2) is 0 Å². The van der Waals surface area contributed by atoms with Crippen LogP contribution in [0.25, 0.3) is 0 Å². The molecule has 1 fully saturated rings. The highest BCUT2D eigenvalue weighted by Gasteiger charge is 2.34. The molecule has 1 unspecified atom stereocenters. The highest BCUT2D eigenvalue weighted by Crippen LogP contribution is 2.37. The molecule has 32 heavy (non-hydrogen) atoms. The van der Waals surface area contributed by atoms with Gasteiger partial charge in [-0.3, -0.25) is 14.7 Å². The number of rotatable bonds is 7. The van der Waals surface area contributed by atoms with E-state index in [4.69, 9.17) is 16.3 Å². The number of nitrogens with one attached hydrogen (secondary N) is 1. The minimum atomic E-state index is -1.48. The molecule has 1 aliphatic rings. The summed E-state index contributed by atoms with van der Waals surface area (Å²) < 4.78 is 5.36. The Kier molecular flexibility index (Phi) is 7.17. The molecule has 0 spiro atoms. The number of carbonyl (C=O) groups excluding carboxylic acids is 1. The second-order valence-electron chi connectivity index (χ2n) is 7.75. The second-order valence-corrected chi connectivity index (χ2v) is 8.19. The van der Waals surface area contributed by atoms with Crippen LogP contribution in [0.2, 0.25) is 5.02 Å². The number of aromatic nitrogens is 1. The van der Waals surface area contributed by atoms with Crippen LogP contribution in [0.15, 0.2) is 73.1 Å². The third-order valence-electron chi connectivity index (χ3n) is 5.70. The number of ether oxygens (including phenoxy) is 1. The lowest BCUT2D eigenvalue weighted by Gasteiger charge is -2.30. The van der Waals surface area contributed by atoms with Crippen molar-refractivity contribution in [2.45, 2.75) is 5.60 Å². The van der Waals surface area contributed by atoms with E-state index in [0.717, 1.165) is 32.8 Å². The van der Waals surface area contributed by atoms with Gasteiger partial charge in [0, 0.05) is 54.7 Å². The Bertz CT molecular complexity index is 1040. The van der Waals surface area contributed by atoms with Crippen LogP contribution in [0.5, 0.6) is 0 Å². The Balaban J connectivity index is 1.58. The first-order valence-electron chi connectivity index (χ1n) is 10.6. The first-order chi connectivity index (χ1) is 15.6.